The van der Waals surface area contributed by atoms with Gasteiger partial charge in [-0.15, -0.1) is 0 Å². The Bertz CT molecular complexity index is 1300. The van der Waals surface area contributed by atoms with Crippen LogP contribution in [0.25, 0.3) is 16.6 Å². The second-order valence-electron chi connectivity index (χ2n) is 6.85. The van der Waals surface area contributed by atoms with E-state index < -0.39 is 23.7 Å². The maximum Gasteiger partial charge on any atom is 0.430 e. The van der Waals surface area contributed by atoms with Crippen molar-refractivity contribution in [3.63, 3.8) is 0 Å². The van der Waals surface area contributed by atoms with Crippen molar-refractivity contribution in [1.82, 2.24) is 15.2 Å². The van der Waals surface area contributed by atoms with Gasteiger partial charge in [-0.25, -0.2) is 9.98 Å². The number of benzene rings is 1. The number of rotatable bonds is 2. The highest BCUT2D eigenvalue weighted by Crippen LogP contribution is 2.45. The number of hydrogen-bond acceptors (Lipinski definition) is 6. The van der Waals surface area contributed by atoms with E-state index >= 15 is 0 Å². The van der Waals surface area contributed by atoms with E-state index in [1.807, 2.05) is 6.07 Å². The van der Waals surface area contributed by atoms with Crippen molar-refractivity contribution in [1.29, 1.82) is 10.5 Å². The summed E-state index contributed by atoms with van der Waals surface area (Å²) in [6.45, 7) is 3.31. The summed E-state index contributed by atoms with van der Waals surface area (Å²) in [7, 11) is 0. The summed E-state index contributed by atoms with van der Waals surface area (Å²) in [5, 5.41) is 27.1. The van der Waals surface area contributed by atoms with Crippen molar-refractivity contribution < 1.29 is 17.6 Å². The topological polar surface area (TPSA) is 115 Å². The number of nitrogens with one attached hydrogen (secondary N) is 1. The minimum atomic E-state index is -4.87. The highest BCUT2D eigenvalue weighted by Gasteiger charge is 2.49. The molecule has 3 heterocycles. The van der Waals surface area contributed by atoms with E-state index in [0.29, 0.717) is 22.2 Å². The summed E-state index contributed by atoms with van der Waals surface area (Å²) in [6.07, 6.45) is -3.80. The van der Waals surface area contributed by atoms with Crippen LogP contribution in [0, 0.1) is 42.4 Å². The number of hydrogen-bond donors (Lipinski definition) is 1. The summed E-state index contributed by atoms with van der Waals surface area (Å²) < 4.78 is 46.7. The first kappa shape index (κ1) is 19.4. The number of H-pyrrole nitrogens is 1. The van der Waals surface area contributed by atoms with Crippen molar-refractivity contribution in [2.75, 3.05) is 0 Å². The third kappa shape index (κ3) is 2.94. The number of alkyl halides is 3. The van der Waals surface area contributed by atoms with Gasteiger partial charge in [0.05, 0.1) is 28.9 Å². The molecule has 2 unspecified atom stereocenters. The summed E-state index contributed by atoms with van der Waals surface area (Å²) in [4.78, 5) is 7.57. The molecule has 7 nitrogen and oxygen atoms in total. The summed E-state index contributed by atoms with van der Waals surface area (Å²) in [5.74, 6) is -2.92. The van der Waals surface area contributed by atoms with Crippen LogP contribution < -0.4 is 0 Å². The predicted octanol–water partition coefficient (Wildman–Crippen LogP) is 4.34. The Hall–Kier alpha value is -3.92. The molecule has 0 spiro atoms. The molecule has 4 rings (SSSR count). The monoisotopic (exact) mass is 410 g/mol. The SMILES string of the molecule is Cc1ncoc1C1=C(C#N)C(c2ccc3n[nH]c(C)c3c2)C(C#N)C(C(F)(F)F)=N1. The van der Waals surface area contributed by atoms with E-state index in [4.69, 9.17) is 4.42 Å². The van der Waals surface area contributed by atoms with Gasteiger partial charge < -0.3 is 4.42 Å². The molecular weight excluding hydrogens is 397 g/mol. The number of nitrogens with zero attached hydrogens (tertiary/aromatic N) is 5. The van der Waals surface area contributed by atoms with Crippen LogP contribution in [-0.4, -0.2) is 27.1 Å². The summed E-state index contributed by atoms with van der Waals surface area (Å²) in [5.41, 5.74) is 0.382. The number of aliphatic imine (C=N–C) groups is 1. The van der Waals surface area contributed by atoms with Gasteiger partial charge in [0.15, 0.2) is 12.2 Å². The van der Waals surface area contributed by atoms with Crippen molar-refractivity contribution in [2.45, 2.75) is 25.9 Å². The third-order valence-electron chi connectivity index (χ3n) is 5.06. The van der Waals surface area contributed by atoms with Crippen molar-refractivity contribution in [2.24, 2.45) is 10.9 Å². The fraction of sp³-hybridized carbons (Fsp3) is 0.250. The molecule has 3 aromatic rings. The second kappa shape index (κ2) is 6.85. The van der Waals surface area contributed by atoms with E-state index in [-0.39, 0.29) is 17.0 Å². The van der Waals surface area contributed by atoms with Gasteiger partial charge in [-0.2, -0.15) is 28.8 Å². The molecule has 2 aromatic heterocycles. The van der Waals surface area contributed by atoms with Crippen LogP contribution in [0.1, 0.15) is 28.6 Å². The van der Waals surface area contributed by atoms with Crippen LogP contribution in [0.15, 0.2) is 39.6 Å². The normalized spacial score (nSPS) is 19.5. The Morgan fingerprint density at radius 1 is 1.20 bits per heavy atom. The molecule has 0 amide bonds. The molecule has 2 atom stereocenters. The van der Waals surface area contributed by atoms with Crippen LogP contribution in [0.3, 0.4) is 0 Å². The molecule has 0 saturated heterocycles. The molecule has 0 fully saturated rings. The Morgan fingerprint density at radius 2 is 1.97 bits per heavy atom. The van der Waals surface area contributed by atoms with Crippen LogP contribution in [0.5, 0.6) is 0 Å². The van der Waals surface area contributed by atoms with Crippen LogP contribution in [0.2, 0.25) is 0 Å². The number of aryl methyl sites for hydroxylation is 2. The first-order valence-corrected chi connectivity index (χ1v) is 8.81. The third-order valence-corrected chi connectivity index (χ3v) is 5.06. The predicted molar refractivity (Wildman–Crippen MR) is 99.9 cm³/mol. The van der Waals surface area contributed by atoms with E-state index in [1.54, 1.807) is 31.2 Å². The molecule has 1 aliphatic rings. The maximum atomic E-state index is 13.8. The number of aromatic nitrogens is 3. The molecule has 1 aromatic carbocycles. The van der Waals surface area contributed by atoms with Gasteiger partial charge in [-0.3, -0.25) is 5.10 Å². The van der Waals surface area contributed by atoms with Crippen LogP contribution in [0.4, 0.5) is 13.2 Å². The number of aromatic amines is 1. The van der Waals surface area contributed by atoms with Gasteiger partial charge in [0.1, 0.15) is 17.3 Å². The minimum Gasteiger partial charge on any atom is -0.442 e. The standard InChI is InChI=1S/C20H13F3N6O/c1-9-12-5-11(3-4-15(12)29-28-9)16-13(6-24)17(18-10(2)26-8-30-18)27-19(14(16)7-25)20(21,22)23/h3-5,8,14,16H,1-2H3,(H,28,29). The average molecular weight is 410 g/mol. The molecule has 30 heavy (non-hydrogen) atoms. The number of nitriles is 2. The zero-order valence-electron chi connectivity index (χ0n) is 15.7. The average Bonchev–Trinajstić information content (AvgIpc) is 3.30. The zero-order valence-corrected chi connectivity index (χ0v) is 15.7. The molecule has 0 aliphatic carbocycles. The zero-order chi connectivity index (χ0) is 21.6. The Labute approximate surface area is 168 Å². The van der Waals surface area contributed by atoms with E-state index in [2.05, 4.69) is 20.2 Å². The van der Waals surface area contributed by atoms with Gasteiger partial charge >= 0.3 is 6.18 Å². The summed E-state index contributed by atoms with van der Waals surface area (Å²) >= 11 is 0. The van der Waals surface area contributed by atoms with Crippen molar-refractivity contribution >= 4 is 22.3 Å². The molecular formula is C20H13F3N6O. The molecule has 0 saturated carbocycles. The fourth-order valence-corrected chi connectivity index (χ4v) is 3.63. The Morgan fingerprint density at radius 3 is 2.57 bits per heavy atom. The lowest BCUT2D eigenvalue weighted by atomic mass is 9.75. The number of fused-ring (bicyclic) bond motifs is 1. The largest absolute Gasteiger partial charge is 0.442 e. The van der Waals surface area contributed by atoms with Gasteiger partial charge in [-0.1, -0.05) is 6.07 Å². The first-order chi connectivity index (χ1) is 14.3. The van der Waals surface area contributed by atoms with Gasteiger partial charge in [-0.05, 0) is 31.5 Å². The summed E-state index contributed by atoms with van der Waals surface area (Å²) in [6, 6.07) is 8.51. The van der Waals surface area contributed by atoms with Gasteiger partial charge in [0, 0.05) is 17.0 Å². The lowest BCUT2D eigenvalue weighted by Crippen LogP contribution is -2.36. The Kier molecular flexibility index (Phi) is 4.43. The fourth-order valence-electron chi connectivity index (χ4n) is 3.63. The highest BCUT2D eigenvalue weighted by molar-refractivity contribution is 6.01. The lowest BCUT2D eigenvalue weighted by molar-refractivity contribution is -0.0622. The molecule has 0 bridgehead atoms. The van der Waals surface area contributed by atoms with Crippen LogP contribution in [-0.2, 0) is 0 Å². The molecule has 1 aliphatic heterocycles. The number of halogens is 3. The van der Waals surface area contributed by atoms with Crippen LogP contribution >= 0.6 is 0 Å². The second-order valence-corrected chi connectivity index (χ2v) is 6.85. The number of allylic oxidation sites excluding steroid dienone is 1. The molecule has 10 heteroatoms. The lowest BCUT2D eigenvalue weighted by Gasteiger charge is -2.29. The molecule has 1 N–H and O–H groups in total. The Balaban J connectivity index is 2.03. The van der Waals surface area contributed by atoms with E-state index in [0.717, 1.165) is 12.1 Å². The molecule has 0 radical (unpaired) electrons. The first-order valence-electron chi connectivity index (χ1n) is 8.81. The van der Waals surface area contributed by atoms with Gasteiger partial charge in [0.25, 0.3) is 0 Å². The van der Waals surface area contributed by atoms with Crippen molar-refractivity contribution in [3.05, 3.63) is 52.9 Å². The maximum absolute atomic E-state index is 13.8. The van der Waals surface area contributed by atoms with Crippen molar-refractivity contribution in [3.8, 4) is 12.1 Å². The smallest absolute Gasteiger partial charge is 0.430 e. The van der Waals surface area contributed by atoms with E-state index in [9.17, 15) is 23.7 Å². The molecule has 150 valence electrons. The minimum absolute atomic E-state index is 0.0322. The highest BCUT2D eigenvalue weighted by atomic mass is 19.4. The van der Waals surface area contributed by atoms with E-state index in [1.165, 1.54) is 6.92 Å². The number of oxazole rings is 1. The van der Waals surface area contributed by atoms with Gasteiger partial charge in [0.2, 0.25) is 0 Å². The quantitative estimate of drug-likeness (QED) is 0.675.